The summed E-state index contributed by atoms with van der Waals surface area (Å²) in [7, 11) is 0. The van der Waals surface area contributed by atoms with Crippen molar-refractivity contribution in [3.8, 4) is 0 Å². The number of hydrogen-bond donors (Lipinski definition) is 0. The van der Waals surface area contributed by atoms with E-state index < -0.39 is 0 Å². The van der Waals surface area contributed by atoms with Crippen molar-refractivity contribution < 1.29 is 0 Å². The Balaban J connectivity index is 2.28. The van der Waals surface area contributed by atoms with E-state index in [1.807, 2.05) is 18.2 Å². The number of aryl methyl sites for hydroxylation is 1. The molecule has 0 N–H and O–H groups in total. The van der Waals surface area contributed by atoms with Gasteiger partial charge in [-0.2, -0.15) is 0 Å². The lowest BCUT2D eigenvalue weighted by atomic mass is 10.1. The van der Waals surface area contributed by atoms with Gasteiger partial charge in [0.1, 0.15) is 0 Å². The van der Waals surface area contributed by atoms with Crippen molar-refractivity contribution in [2.24, 2.45) is 0 Å². The lowest BCUT2D eigenvalue weighted by Crippen LogP contribution is -1.83. The van der Waals surface area contributed by atoms with E-state index in [0.717, 1.165) is 6.42 Å². The Morgan fingerprint density at radius 1 is 1.27 bits per heavy atom. The van der Waals surface area contributed by atoms with Gasteiger partial charge >= 0.3 is 0 Å². The van der Waals surface area contributed by atoms with Crippen LogP contribution in [0.4, 0.5) is 0 Å². The highest BCUT2D eigenvalue weighted by molar-refractivity contribution is 5.11. The SMILES string of the molecule is CCCCCc1[c]cc[c]c1. The van der Waals surface area contributed by atoms with E-state index in [0.29, 0.717) is 0 Å². The van der Waals surface area contributed by atoms with E-state index in [1.54, 1.807) is 0 Å². The Morgan fingerprint density at radius 3 is 2.82 bits per heavy atom. The van der Waals surface area contributed by atoms with Crippen LogP contribution in [-0.2, 0) is 6.42 Å². The van der Waals surface area contributed by atoms with E-state index in [1.165, 1.54) is 24.8 Å². The Kier molecular flexibility index (Phi) is 3.74. The van der Waals surface area contributed by atoms with Gasteiger partial charge in [0, 0.05) is 0 Å². The first kappa shape index (κ1) is 8.32. The normalized spacial score (nSPS) is 9.91. The summed E-state index contributed by atoms with van der Waals surface area (Å²) in [6.45, 7) is 2.22. The molecule has 1 aromatic carbocycles. The Bertz CT molecular complexity index is 176. The van der Waals surface area contributed by atoms with Crippen molar-refractivity contribution in [2.75, 3.05) is 0 Å². The van der Waals surface area contributed by atoms with Gasteiger partial charge in [0.15, 0.2) is 0 Å². The average Bonchev–Trinajstić information content (AvgIpc) is 2.07. The maximum absolute atomic E-state index is 3.20. The molecule has 58 valence electrons. The van der Waals surface area contributed by atoms with Crippen LogP contribution >= 0.6 is 0 Å². The predicted octanol–water partition coefficient (Wildman–Crippen LogP) is 3.02. The van der Waals surface area contributed by atoms with E-state index in [9.17, 15) is 0 Å². The predicted molar refractivity (Wildman–Crippen MR) is 47.3 cm³/mol. The fourth-order valence-electron chi connectivity index (χ4n) is 1.10. The van der Waals surface area contributed by atoms with Gasteiger partial charge in [0.25, 0.3) is 0 Å². The molecule has 1 aromatic rings. The van der Waals surface area contributed by atoms with Gasteiger partial charge in [-0.15, -0.1) is 0 Å². The molecule has 2 radical (unpaired) electrons. The molecule has 1 rings (SSSR count). The highest BCUT2D eigenvalue weighted by Gasteiger charge is 1.90. The molecule has 0 aliphatic carbocycles. The molecule has 0 bridgehead atoms. The minimum absolute atomic E-state index is 1.16. The van der Waals surface area contributed by atoms with Crippen LogP contribution in [-0.4, -0.2) is 0 Å². The molecule has 0 amide bonds. The fraction of sp³-hybridized carbons (Fsp3) is 0.455. The summed E-state index contributed by atoms with van der Waals surface area (Å²) in [6, 6.07) is 12.1. The second kappa shape index (κ2) is 4.95. The largest absolute Gasteiger partial charge is 0.0654 e. The molecule has 0 heterocycles. The molecule has 0 saturated heterocycles. The Labute approximate surface area is 69.3 Å². The molecule has 0 spiro atoms. The van der Waals surface area contributed by atoms with E-state index in [2.05, 4.69) is 19.1 Å². The zero-order chi connectivity index (χ0) is 7.94. The summed E-state index contributed by atoms with van der Waals surface area (Å²) in [4.78, 5) is 0. The van der Waals surface area contributed by atoms with Gasteiger partial charge in [0.05, 0.1) is 0 Å². The first-order valence-electron chi connectivity index (χ1n) is 4.30. The van der Waals surface area contributed by atoms with E-state index >= 15 is 0 Å². The molecule has 0 unspecified atom stereocenters. The van der Waals surface area contributed by atoms with E-state index in [4.69, 9.17) is 0 Å². The molecule has 11 heavy (non-hydrogen) atoms. The summed E-state index contributed by atoms with van der Waals surface area (Å²) < 4.78 is 0. The van der Waals surface area contributed by atoms with Crippen LogP contribution in [0.2, 0.25) is 0 Å². The summed E-state index contributed by atoms with van der Waals surface area (Å²) in [5.74, 6) is 0. The maximum atomic E-state index is 3.20. The first-order chi connectivity index (χ1) is 5.43. The third-order valence-electron chi connectivity index (χ3n) is 1.76. The van der Waals surface area contributed by atoms with Crippen molar-refractivity contribution in [1.82, 2.24) is 0 Å². The zero-order valence-corrected chi connectivity index (χ0v) is 7.06. The summed E-state index contributed by atoms with van der Waals surface area (Å²) >= 11 is 0. The monoisotopic (exact) mass is 146 g/mol. The third-order valence-corrected chi connectivity index (χ3v) is 1.76. The van der Waals surface area contributed by atoms with Crippen molar-refractivity contribution in [3.05, 3.63) is 35.9 Å². The van der Waals surface area contributed by atoms with E-state index in [-0.39, 0.29) is 0 Å². The topological polar surface area (TPSA) is 0 Å². The second-order valence-corrected chi connectivity index (χ2v) is 2.77. The highest BCUT2D eigenvalue weighted by Crippen LogP contribution is 2.04. The molecule has 0 aliphatic heterocycles. The molecule has 0 atom stereocenters. The second-order valence-electron chi connectivity index (χ2n) is 2.77. The Morgan fingerprint density at radius 2 is 2.18 bits per heavy atom. The van der Waals surface area contributed by atoms with Gasteiger partial charge in [-0.3, -0.25) is 0 Å². The number of unbranched alkanes of at least 4 members (excludes halogenated alkanes) is 2. The van der Waals surface area contributed by atoms with Crippen LogP contribution in [0, 0.1) is 12.1 Å². The van der Waals surface area contributed by atoms with Crippen LogP contribution in [0.1, 0.15) is 31.7 Å². The smallest absolute Gasteiger partial charge is 0.0149 e. The van der Waals surface area contributed by atoms with Crippen LogP contribution in [0.15, 0.2) is 18.2 Å². The molecule has 0 nitrogen and oxygen atoms in total. The fourth-order valence-corrected chi connectivity index (χ4v) is 1.10. The number of hydrogen-bond acceptors (Lipinski definition) is 0. The standard InChI is InChI=1S/C11H14/c1-2-3-5-8-11-9-6-4-7-10-11/h4,6,10H,2-3,5,8H2,1H3. The number of benzene rings is 1. The van der Waals surface area contributed by atoms with Crippen LogP contribution in [0.3, 0.4) is 0 Å². The van der Waals surface area contributed by atoms with Crippen molar-refractivity contribution in [1.29, 1.82) is 0 Å². The molecule has 0 aliphatic rings. The molecule has 0 aromatic heterocycles. The Hall–Kier alpha value is -0.780. The first-order valence-corrected chi connectivity index (χ1v) is 4.30. The van der Waals surface area contributed by atoms with Gasteiger partial charge in [-0.05, 0) is 30.5 Å². The molecular formula is C11H14. The maximum Gasteiger partial charge on any atom is -0.0149 e. The van der Waals surface area contributed by atoms with Crippen LogP contribution in [0.25, 0.3) is 0 Å². The third kappa shape index (κ3) is 3.22. The van der Waals surface area contributed by atoms with Crippen LogP contribution < -0.4 is 0 Å². The quantitative estimate of drug-likeness (QED) is 0.573. The van der Waals surface area contributed by atoms with Gasteiger partial charge < -0.3 is 0 Å². The number of rotatable bonds is 4. The highest BCUT2D eigenvalue weighted by atomic mass is 13.9. The molecule has 0 heteroatoms. The minimum Gasteiger partial charge on any atom is -0.0654 e. The summed E-state index contributed by atoms with van der Waals surface area (Å²) in [5.41, 5.74) is 1.29. The lowest BCUT2D eigenvalue weighted by molar-refractivity contribution is 0.717. The van der Waals surface area contributed by atoms with Crippen molar-refractivity contribution in [3.63, 3.8) is 0 Å². The zero-order valence-electron chi connectivity index (χ0n) is 7.06. The van der Waals surface area contributed by atoms with Gasteiger partial charge in [-0.25, -0.2) is 0 Å². The summed E-state index contributed by atoms with van der Waals surface area (Å²) in [6.07, 6.45) is 5.05. The van der Waals surface area contributed by atoms with Crippen molar-refractivity contribution in [2.45, 2.75) is 32.6 Å². The molecular weight excluding hydrogens is 132 g/mol. The molecule has 0 saturated carbocycles. The van der Waals surface area contributed by atoms with Crippen LogP contribution in [0.5, 0.6) is 0 Å². The molecule has 0 fully saturated rings. The lowest BCUT2D eigenvalue weighted by Gasteiger charge is -1.97. The minimum atomic E-state index is 1.16. The van der Waals surface area contributed by atoms with Gasteiger partial charge in [-0.1, -0.05) is 38.0 Å². The van der Waals surface area contributed by atoms with Crippen molar-refractivity contribution >= 4 is 0 Å². The average molecular weight is 146 g/mol. The van der Waals surface area contributed by atoms with Gasteiger partial charge in [0.2, 0.25) is 0 Å². The summed E-state index contributed by atoms with van der Waals surface area (Å²) in [5, 5.41) is 0.